The molecule has 22 heavy (non-hydrogen) atoms. The Kier molecular flexibility index (Phi) is 5.43. The summed E-state index contributed by atoms with van der Waals surface area (Å²) < 4.78 is 78.9. The molecule has 0 N–H and O–H groups in total. The molecule has 0 fully saturated rings. The van der Waals surface area contributed by atoms with E-state index >= 15 is 0 Å². The molecule has 1 aromatic carbocycles. The van der Waals surface area contributed by atoms with E-state index in [0.717, 1.165) is 31.4 Å². The average molecular weight is 324 g/mol. The predicted octanol–water partition coefficient (Wildman–Crippen LogP) is 4.53. The Labute approximate surface area is 121 Å². The summed E-state index contributed by atoms with van der Waals surface area (Å²) >= 11 is 0. The number of methoxy groups -OCH3 is 1. The van der Waals surface area contributed by atoms with E-state index in [9.17, 15) is 31.1 Å². The fourth-order valence-electron chi connectivity index (χ4n) is 1.49. The summed E-state index contributed by atoms with van der Waals surface area (Å²) in [6, 6.07) is 4.09. The minimum atomic E-state index is -4.88. The van der Waals surface area contributed by atoms with E-state index in [1.807, 2.05) is 0 Å². The number of halogens is 6. The van der Waals surface area contributed by atoms with Gasteiger partial charge < -0.3 is 4.74 Å². The van der Waals surface area contributed by atoms with Gasteiger partial charge in [-0.05, 0) is 23.8 Å². The van der Waals surface area contributed by atoms with Crippen molar-refractivity contribution in [1.29, 1.82) is 0 Å². The van der Waals surface area contributed by atoms with Crippen LogP contribution >= 0.6 is 0 Å². The van der Waals surface area contributed by atoms with Gasteiger partial charge in [0.2, 0.25) is 0 Å². The van der Waals surface area contributed by atoms with Gasteiger partial charge in [0, 0.05) is 0 Å². The van der Waals surface area contributed by atoms with E-state index in [2.05, 4.69) is 4.74 Å². The van der Waals surface area contributed by atoms with Crippen LogP contribution in [0.2, 0.25) is 0 Å². The summed E-state index contributed by atoms with van der Waals surface area (Å²) in [4.78, 5) is 11.2. The number of hydrogen-bond acceptors (Lipinski definition) is 2. The number of hydrogen-bond donors (Lipinski definition) is 0. The van der Waals surface area contributed by atoms with E-state index in [4.69, 9.17) is 0 Å². The lowest BCUT2D eigenvalue weighted by molar-refractivity contribution is -0.125. The number of alkyl halides is 6. The summed E-state index contributed by atoms with van der Waals surface area (Å²) in [5, 5.41) is 0. The molecule has 1 rings (SSSR count). The first kappa shape index (κ1) is 17.8. The number of allylic oxidation sites excluding steroid dienone is 1. The first-order valence-corrected chi connectivity index (χ1v) is 5.82. The van der Waals surface area contributed by atoms with Crippen LogP contribution in [-0.2, 0) is 4.74 Å². The van der Waals surface area contributed by atoms with Crippen molar-refractivity contribution in [3.05, 3.63) is 47.2 Å². The van der Waals surface area contributed by atoms with Crippen LogP contribution in [0.3, 0.4) is 0 Å². The molecule has 0 unspecified atom stereocenters. The SMILES string of the molecule is COC(=O)c1ccc(C(=C=CCC(F)(F)F)C(F)(F)F)cc1. The molecule has 0 radical (unpaired) electrons. The molecule has 0 aliphatic heterocycles. The minimum absolute atomic E-state index is 0.0204. The van der Waals surface area contributed by atoms with E-state index in [0.29, 0.717) is 0 Å². The lowest BCUT2D eigenvalue weighted by Crippen LogP contribution is -2.10. The van der Waals surface area contributed by atoms with Crippen molar-refractivity contribution in [3.63, 3.8) is 0 Å². The summed E-state index contributed by atoms with van der Waals surface area (Å²) in [6.07, 6.45) is -10.7. The number of benzene rings is 1. The Bertz CT molecular complexity index is 589. The Morgan fingerprint density at radius 3 is 2.00 bits per heavy atom. The molecule has 8 heteroatoms. The quantitative estimate of drug-likeness (QED) is 0.464. The number of carbonyl (C=O) groups is 1. The second-order valence-corrected chi connectivity index (χ2v) is 4.11. The van der Waals surface area contributed by atoms with Crippen LogP contribution in [0.25, 0.3) is 5.57 Å². The third-order valence-electron chi connectivity index (χ3n) is 2.46. The molecular weight excluding hydrogens is 314 g/mol. The Hall–Kier alpha value is -2.21. The zero-order valence-corrected chi connectivity index (χ0v) is 11.2. The maximum atomic E-state index is 12.9. The van der Waals surface area contributed by atoms with Crippen molar-refractivity contribution >= 4 is 11.5 Å². The number of ether oxygens (including phenoxy) is 1. The number of carbonyl (C=O) groups excluding carboxylic acids is 1. The molecule has 0 heterocycles. The average Bonchev–Trinajstić information content (AvgIpc) is 2.40. The fraction of sp³-hybridized carbons (Fsp3) is 0.286. The van der Waals surface area contributed by atoms with Gasteiger partial charge in [0.25, 0.3) is 0 Å². The van der Waals surface area contributed by atoms with E-state index in [1.165, 1.54) is 0 Å². The molecule has 0 saturated heterocycles. The first-order valence-electron chi connectivity index (χ1n) is 5.82. The zero-order valence-electron chi connectivity index (χ0n) is 11.2. The molecule has 0 amide bonds. The molecule has 1 aromatic rings. The second-order valence-electron chi connectivity index (χ2n) is 4.11. The minimum Gasteiger partial charge on any atom is -0.465 e. The van der Waals surface area contributed by atoms with Gasteiger partial charge in [0.05, 0.1) is 19.1 Å². The highest BCUT2D eigenvalue weighted by Gasteiger charge is 2.35. The van der Waals surface area contributed by atoms with Gasteiger partial charge in [-0.25, -0.2) is 4.79 Å². The third kappa shape index (κ3) is 5.29. The Morgan fingerprint density at radius 1 is 1.09 bits per heavy atom. The molecule has 0 aliphatic rings. The van der Waals surface area contributed by atoms with E-state index in [1.54, 1.807) is 5.73 Å². The summed E-state index contributed by atoms with van der Waals surface area (Å²) in [5.74, 6) is -0.739. The molecule has 0 saturated carbocycles. The summed E-state index contributed by atoms with van der Waals surface area (Å²) in [5.41, 5.74) is -0.112. The lowest BCUT2D eigenvalue weighted by Gasteiger charge is -2.10. The molecular formula is C14H10F6O2. The van der Waals surface area contributed by atoms with E-state index in [-0.39, 0.29) is 11.6 Å². The molecule has 2 nitrogen and oxygen atoms in total. The van der Waals surface area contributed by atoms with Crippen molar-refractivity contribution in [3.8, 4) is 0 Å². The Balaban J connectivity index is 3.19. The van der Waals surface area contributed by atoms with Crippen LogP contribution < -0.4 is 0 Å². The van der Waals surface area contributed by atoms with Crippen LogP contribution in [0.1, 0.15) is 22.3 Å². The van der Waals surface area contributed by atoms with Crippen molar-refractivity contribution < 1.29 is 35.9 Å². The maximum Gasteiger partial charge on any atom is 0.424 e. The second kappa shape index (κ2) is 6.70. The van der Waals surface area contributed by atoms with Gasteiger partial charge in [-0.1, -0.05) is 12.1 Å². The van der Waals surface area contributed by atoms with Crippen LogP contribution in [0.4, 0.5) is 26.3 Å². The molecule has 0 atom stereocenters. The predicted molar refractivity (Wildman–Crippen MR) is 66.0 cm³/mol. The summed E-state index contributed by atoms with van der Waals surface area (Å²) in [6.45, 7) is 0. The highest BCUT2D eigenvalue weighted by molar-refractivity contribution is 5.89. The standard InChI is InChI=1S/C14H10F6O2/c1-22-12(21)10-6-4-9(5-7-10)11(14(18,19)20)3-2-8-13(15,16)17/h2,4-7H,8H2,1H3. The van der Waals surface area contributed by atoms with Gasteiger partial charge in [0.1, 0.15) is 5.57 Å². The van der Waals surface area contributed by atoms with Crippen LogP contribution in [0, 0.1) is 0 Å². The Morgan fingerprint density at radius 2 is 1.59 bits per heavy atom. The summed E-state index contributed by atoms with van der Waals surface area (Å²) in [7, 11) is 1.11. The monoisotopic (exact) mass is 324 g/mol. The number of esters is 1. The van der Waals surface area contributed by atoms with Crippen LogP contribution in [-0.4, -0.2) is 25.4 Å². The van der Waals surface area contributed by atoms with Crippen LogP contribution in [0.15, 0.2) is 36.1 Å². The first-order chi connectivity index (χ1) is 10.0. The largest absolute Gasteiger partial charge is 0.465 e. The van der Waals surface area contributed by atoms with Crippen molar-refractivity contribution in [2.45, 2.75) is 18.8 Å². The lowest BCUT2D eigenvalue weighted by atomic mass is 10.0. The topological polar surface area (TPSA) is 26.3 Å². The van der Waals surface area contributed by atoms with Gasteiger partial charge >= 0.3 is 18.3 Å². The molecule has 0 aliphatic carbocycles. The fourth-order valence-corrected chi connectivity index (χ4v) is 1.49. The van der Waals surface area contributed by atoms with Crippen molar-refractivity contribution in [1.82, 2.24) is 0 Å². The van der Waals surface area contributed by atoms with Crippen molar-refractivity contribution in [2.75, 3.05) is 7.11 Å². The third-order valence-corrected chi connectivity index (χ3v) is 2.46. The smallest absolute Gasteiger partial charge is 0.424 e. The molecule has 0 aromatic heterocycles. The number of rotatable bonds is 3. The molecule has 120 valence electrons. The van der Waals surface area contributed by atoms with Gasteiger partial charge in [-0.15, -0.1) is 5.73 Å². The van der Waals surface area contributed by atoms with Crippen LogP contribution in [0.5, 0.6) is 0 Å². The van der Waals surface area contributed by atoms with Gasteiger partial charge in [-0.2, -0.15) is 26.3 Å². The molecule has 0 spiro atoms. The highest BCUT2D eigenvalue weighted by Crippen LogP contribution is 2.33. The zero-order chi connectivity index (χ0) is 17.0. The molecule has 0 bridgehead atoms. The maximum absolute atomic E-state index is 12.9. The van der Waals surface area contributed by atoms with E-state index < -0.39 is 35.9 Å². The highest BCUT2D eigenvalue weighted by atomic mass is 19.4. The van der Waals surface area contributed by atoms with Gasteiger partial charge in [-0.3, -0.25) is 0 Å². The van der Waals surface area contributed by atoms with Crippen molar-refractivity contribution in [2.24, 2.45) is 0 Å². The van der Waals surface area contributed by atoms with Gasteiger partial charge in [0.15, 0.2) is 0 Å². The normalized spacial score (nSPS) is 11.6.